The fraction of sp³-hybridized carbons (Fsp3) is 0.333. The number of anilines is 1. The van der Waals surface area contributed by atoms with Crippen LogP contribution in [0.15, 0.2) is 48.5 Å². The van der Waals surface area contributed by atoms with Gasteiger partial charge in [0.15, 0.2) is 6.10 Å². The molecule has 3 amide bonds. The molecule has 4 rings (SSSR count). The van der Waals surface area contributed by atoms with Crippen LogP contribution in [0.4, 0.5) is 5.69 Å². The van der Waals surface area contributed by atoms with Gasteiger partial charge in [-0.15, -0.1) is 0 Å². The highest BCUT2D eigenvalue weighted by atomic mass is 16.5. The van der Waals surface area contributed by atoms with Crippen molar-refractivity contribution in [3.8, 4) is 0 Å². The third-order valence-corrected chi connectivity index (χ3v) is 5.74. The maximum atomic E-state index is 12.9. The van der Waals surface area contributed by atoms with Gasteiger partial charge in [0, 0.05) is 24.7 Å². The van der Waals surface area contributed by atoms with Gasteiger partial charge in [0.25, 0.3) is 17.7 Å². The second kappa shape index (κ2) is 8.34. The standard InChI is InChI=1S/C24H24N2O5/c1-15-14-17-8-3-6-11-20(17)26(15)22(28)16(2)31-21(27)12-7-13-25-23(29)18-9-4-5-10-19(18)24(25)30/h3-6,8-11,15-16H,7,12-14H2,1-2H3/t15-,16+/m0/s1. The maximum absolute atomic E-state index is 12.9. The van der Waals surface area contributed by atoms with Gasteiger partial charge in [-0.05, 0) is 50.5 Å². The number of benzene rings is 2. The first kappa shape index (κ1) is 20.8. The lowest BCUT2D eigenvalue weighted by Gasteiger charge is -2.26. The van der Waals surface area contributed by atoms with E-state index in [9.17, 15) is 19.2 Å². The Balaban J connectivity index is 1.29. The lowest BCUT2D eigenvalue weighted by atomic mass is 10.1. The fourth-order valence-electron chi connectivity index (χ4n) is 4.23. The van der Waals surface area contributed by atoms with E-state index in [0.29, 0.717) is 11.1 Å². The van der Waals surface area contributed by atoms with Gasteiger partial charge < -0.3 is 9.64 Å². The molecule has 2 aliphatic heterocycles. The first-order chi connectivity index (χ1) is 14.9. The smallest absolute Gasteiger partial charge is 0.306 e. The Morgan fingerprint density at radius 3 is 2.32 bits per heavy atom. The number of esters is 1. The van der Waals surface area contributed by atoms with Crippen molar-refractivity contribution in [2.75, 3.05) is 11.4 Å². The van der Waals surface area contributed by atoms with Crippen LogP contribution >= 0.6 is 0 Å². The number of imide groups is 1. The van der Waals surface area contributed by atoms with Gasteiger partial charge in [-0.2, -0.15) is 0 Å². The van der Waals surface area contributed by atoms with Crippen molar-refractivity contribution in [1.82, 2.24) is 4.90 Å². The minimum atomic E-state index is -0.916. The lowest BCUT2D eigenvalue weighted by Crippen LogP contribution is -2.43. The Bertz CT molecular complexity index is 1030. The van der Waals surface area contributed by atoms with Crippen molar-refractivity contribution in [3.05, 3.63) is 65.2 Å². The highest BCUT2D eigenvalue weighted by Crippen LogP contribution is 2.32. The third kappa shape index (κ3) is 3.83. The third-order valence-electron chi connectivity index (χ3n) is 5.74. The molecule has 0 spiro atoms. The van der Waals surface area contributed by atoms with Gasteiger partial charge in [-0.3, -0.25) is 24.1 Å². The molecule has 160 valence electrons. The average molecular weight is 420 g/mol. The Morgan fingerprint density at radius 1 is 1.03 bits per heavy atom. The molecule has 0 aromatic heterocycles. The number of carbonyl (C=O) groups is 4. The van der Waals surface area contributed by atoms with Gasteiger partial charge in [0.2, 0.25) is 0 Å². The SMILES string of the molecule is C[C@@H](OC(=O)CCCN1C(=O)c2ccccc2C1=O)C(=O)N1c2ccccc2C[C@@H]1C. The number of rotatable bonds is 6. The van der Waals surface area contributed by atoms with Gasteiger partial charge in [0.1, 0.15) is 0 Å². The molecule has 7 nitrogen and oxygen atoms in total. The summed E-state index contributed by atoms with van der Waals surface area (Å²) in [6, 6.07) is 14.4. The zero-order valence-corrected chi connectivity index (χ0v) is 17.5. The summed E-state index contributed by atoms with van der Waals surface area (Å²) in [5, 5.41) is 0. The number of carbonyl (C=O) groups excluding carboxylic acids is 4. The van der Waals surface area contributed by atoms with E-state index in [1.165, 1.54) is 0 Å². The normalized spacial score (nSPS) is 18.1. The summed E-state index contributed by atoms with van der Waals surface area (Å²) in [5.74, 6) is -1.48. The molecule has 7 heteroatoms. The monoisotopic (exact) mass is 420 g/mol. The van der Waals surface area contributed by atoms with E-state index >= 15 is 0 Å². The summed E-state index contributed by atoms with van der Waals surface area (Å²) >= 11 is 0. The summed E-state index contributed by atoms with van der Waals surface area (Å²) in [4.78, 5) is 52.7. The van der Waals surface area contributed by atoms with E-state index in [4.69, 9.17) is 4.74 Å². The van der Waals surface area contributed by atoms with E-state index in [1.54, 1.807) is 36.1 Å². The van der Waals surface area contributed by atoms with Crippen LogP contribution in [0.5, 0.6) is 0 Å². The molecule has 0 fully saturated rings. The molecule has 2 heterocycles. The molecular weight excluding hydrogens is 396 g/mol. The summed E-state index contributed by atoms with van der Waals surface area (Å²) < 4.78 is 5.35. The molecule has 0 saturated carbocycles. The van der Waals surface area contributed by atoms with Crippen LogP contribution in [0.1, 0.15) is 53.0 Å². The first-order valence-electron chi connectivity index (χ1n) is 10.4. The maximum Gasteiger partial charge on any atom is 0.306 e. The Morgan fingerprint density at radius 2 is 1.65 bits per heavy atom. The lowest BCUT2D eigenvalue weighted by molar-refractivity contribution is -0.154. The van der Waals surface area contributed by atoms with E-state index in [2.05, 4.69) is 0 Å². The molecule has 0 saturated heterocycles. The fourth-order valence-corrected chi connectivity index (χ4v) is 4.23. The van der Waals surface area contributed by atoms with Crippen LogP contribution < -0.4 is 4.90 Å². The minimum absolute atomic E-state index is 0.000115. The number of ether oxygens (including phenoxy) is 1. The van der Waals surface area contributed by atoms with E-state index in [1.807, 2.05) is 31.2 Å². The predicted molar refractivity (Wildman–Crippen MR) is 114 cm³/mol. The average Bonchev–Trinajstić information content (AvgIpc) is 3.22. The highest BCUT2D eigenvalue weighted by Gasteiger charge is 2.36. The number of hydrogen-bond donors (Lipinski definition) is 0. The largest absolute Gasteiger partial charge is 0.453 e. The minimum Gasteiger partial charge on any atom is -0.453 e. The van der Waals surface area contributed by atoms with Crippen LogP contribution in [-0.2, 0) is 20.7 Å². The van der Waals surface area contributed by atoms with Crippen molar-refractivity contribution in [3.63, 3.8) is 0 Å². The number of para-hydroxylation sites is 1. The molecule has 31 heavy (non-hydrogen) atoms. The Kier molecular flexibility index (Phi) is 5.59. The van der Waals surface area contributed by atoms with E-state index in [-0.39, 0.29) is 43.1 Å². The van der Waals surface area contributed by atoms with Crippen molar-refractivity contribution < 1.29 is 23.9 Å². The second-order valence-electron chi connectivity index (χ2n) is 7.93. The van der Waals surface area contributed by atoms with Crippen LogP contribution in [0.2, 0.25) is 0 Å². The molecule has 0 bridgehead atoms. The van der Waals surface area contributed by atoms with Crippen molar-refractivity contribution in [1.29, 1.82) is 0 Å². The van der Waals surface area contributed by atoms with Crippen molar-refractivity contribution in [2.45, 2.75) is 45.3 Å². The van der Waals surface area contributed by atoms with Crippen LogP contribution in [0, 0.1) is 0 Å². The van der Waals surface area contributed by atoms with Crippen molar-refractivity contribution in [2.24, 2.45) is 0 Å². The summed E-state index contributed by atoms with van der Waals surface area (Å²) in [5.41, 5.74) is 2.72. The van der Waals surface area contributed by atoms with Crippen LogP contribution in [0.3, 0.4) is 0 Å². The molecule has 0 aliphatic carbocycles. The molecular formula is C24H24N2O5. The topological polar surface area (TPSA) is 84.0 Å². The zero-order valence-electron chi connectivity index (χ0n) is 17.5. The van der Waals surface area contributed by atoms with Crippen LogP contribution in [-0.4, -0.2) is 47.3 Å². The second-order valence-corrected chi connectivity index (χ2v) is 7.93. The Hall–Kier alpha value is -3.48. The van der Waals surface area contributed by atoms with E-state index < -0.39 is 12.1 Å². The quantitative estimate of drug-likeness (QED) is 0.530. The predicted octanol–water partition coefficient (Wildman–Crippen LogP) is 2.97. The highest BCUT2D eigenvalue weighted by molar-refractivity contribution is 6.21. The summed E-state index contributed by atoms with van der Waals surface area (Å²) in [7, 11) is 0. The van der Waals surface area contributed by atoms with E-state index in [0.717, 1.165) is 22.6 Å². The molecule has 2 aliphatic rings. The first-order valence-corrected chi connectivity index (χ1v) is 10.4. The van der Waals surface area contributed by atoms with Crippen molar-refractivity contribution >= 4 is 29.4 Å². The van der Waals surface area contributed by atoms with Gasteiger partial charge in [-0.1, -0.05) is 30.3 Å². The number of nitrogens with zero attached hydrogens (tertiary/aromatic N) is 2. The Labute approximate surface area is 180 Å². The zero-order chi connectivity index (χ0) is 22.1. The molecule has 0 N–H and O–H groups in total. The number of amides is 3. The van der Waals surface area contributed by atoms with Gasteiger partial charge in [-0.25, -0.2) is 0 Å². The molecule has 2 atom stereocenters. The van der Waals surface area contributed by atoms with Gasteiger partial charge >= 0.3 is 5.97 Å². The van der Waals surface area contributed by atoms with Crippen LogP contribution in [0.25, 0.3) is 0 Å². The molecule has 0 radical (unpaired) electrons. The molecule has 2 aromatic rings. The number of fused-ring (bicyclic) bond motifs is 2. The van der Waals surface area contributed by atoms with Gasteiger partial charge in [0.05, 0.1) is 11.1 Å². The molecule has 2 aromatic carbocycles. The summed E-state index contributed by atoms with van der Waals surface area (Å²) in [6.07, 6.45) is 0.134. The molecule has 0 unspecified atom stereocenters. The summed E-state index contributed by atoms with van der Waals surface area (Å²) in [6.45, 7) is 3.66. The number of hydrogen-bond acceptors (Lipinski definition) is 5.